The number of hydrogen-bond acceptors (Lipinski definition) is 4. The van der Waals surface area contributed by atoms with Crippen LogP contribution < -0.4 is 21.4 Å². The molecule has 1 heterocycles. The fourth-order valence-corrected chi connectivity index (χ4v) is 4.74. The summed E-state index contributed by atoms with van der Waals surface area (Å²) in [4.78, 5) is 27.0. The molecular weight excluding hydrogens is 376 g/mol. The molecule has 2 fully saturated rings. The van der Waals surface area contributed by atoms with E-state index >= 15 is 0 Å². The van der Waals surface area contributed by atoms with Gasteiger partial charge in [-0.3, -0.25) is 9.59 Å². The number of pyridine rings is 1. The predicted octanol–water partition coefficient (Wildman–Crippen LogP) is 3.44. The highest BCUT2D eigenvalue weighted by Gasteiger charge is 2.23. The van der Waals surface area contributed by atoms with Crippen molar-refractivity contribution in [2.75, 3.05) is 31.5 Å². The van der Waals surface area contributed by atoms with Crippen LogP contribution in [0.1, 0.15) is 70.3 Å². The number of aromatic nitrogens is 1. The van der Waals surface area contributed by atoms with Gasteiger partial charge in [0.15, 0.2) is 5.43 Å². The normalized spacial score (nSPS) is 21.8. The molecule has 1 aromatic rings. The van der Waals surface area contributed by atoms with Crippen molar-refractivity contribution < 1.29 is 4.79 Å². The summed E-state index contributed by atoms with van der Waals surface area (Å²) in [5.74, 6) is 3.26. The van der Waals surface area contributed by atoms with Gasteiger partial charge in [-0.15, -0.1) is 0 Å². The first kappa shape index (κ1) is 22.9. The summed E-state index contributed by atoms with van der Waals surface area (Å²) in [6, 6.07) is 1.58. The third kappa shape index (κ3) is 7.15. The summed E-state index contributed by atoms with van der Waals surface area (Å²) in [5, 5.41) is 10.0. The largest absolute Gasteiger partial charge is 0.370 e. The molecule has 0 saturated heterocycles. The first-order valence-electron chi connectivity index (χ1n) is 12.1. The van der Waals surface area contributed by atoms with Crippen molar-refractivity contribution in [3.05, 3.63) is 28.0 Å². The topological polar surface area (TPSA) is 86.0 Å². The number of nitrogens with one attached hydrogen (secondary N) is 4. The Hall–Kier alpha value is -1.82. The molecule has 0 radical (unpaired) electrons. The third-order valence-corrected chi connectivity index (χ3v) is 7.00. The van der Waals surface area contributed by atoms with Gasteiger partial charge in [0, 0.05) is 43.9 Å². The first-order chi connectivity index (χ1) is 14.7. The number of aromatic amines is 1. The minimum absolute atomic E-state index is 0.0974. The lowest BCUT2D eigenvalue weighted by atomic mass is 9.80. The molecular formula is C24H40N4O2. The molecule has 6 nitrogen and oxygen atoms in total. The number of carbonyl (C=O) groups is 1. The van der Waals surface area contributed by atoms with E-state index in [1.54, 1.807) is 12.3 Å². The molecule has 168 valence electrons. The van der Waals surface area contributed by atoms with E-state index in [0.29, 0.717) is 11.8 Å². The van der Waals surface area contributed by atoms with Gasteiger partial charge in [-0.25, -0.2) is 0 Å². The molecule has 4 N–H and O–H groups in total. The molecule has 6 heteroatoms. The fourth-order valence-electron chi connectivity index (χ4n) is 4.74. The smallest absolute Gasteiger partial charge is 0.220 e. The number of anilines is 1. The Kier molecular flexibility index (Phi) is 9.25. The molecule has 3 rings (SSSR count). The maximum absolute atomic E-state index is 12.0. The van der Waals surface area contributed by atoms with Gasteiger partial charge in [-0.2, -0.15) is 0 Å². The number of rotatable bonds is 12. The van der Waals surface area contributed by atoms with Gasteiger partial charge in [0.25, 0.3) is 0 Å². The maximum atomic E-state index is 12.0. The van der Waals surface area contributed by atoms with Crippen LogP contribution in [0.2, 0.25) is 0 Å². The zero-order chi connectivity index (χ0) is 21.2. The maximum Gasteiger partial charge on any atom is 0.220 e. The van der Waals surface area contributed by atoms with Crippen LogP contribution in [-0.4, -0.2) is 37.1 Å². The summed E-state index contributed by atoms with van der Waals surface area (Å²) in [7, 11) is 0. The fraction of sp³-hybridized carbons (Fsp3) is 0.750. The van der Waals surface area contributed by atoms with Crippen LogP contribution in [0.25, 0.3) is 0 Å². The van der Waals surface area contributed by atoms with Crippen molar-refractivity contribution in [2.24, 2.45) is 17.8 Å². The molecule has 1 aromatic heterocycles. The minimum Gasteiger partial charge on any atom is -0.370 e. The summed E-state index contributed by atoms with van der Waals surface area (Å²) in [5.41, 5.74) is 0.925. The monoisotopic (exact) mass is 416 g/mol. The zero-order valence-electron chi connectivity index (χ0n) is 18.6. The lowest BCUT2D eigenvalue weighted by Crippen LogP contribution is -2.33. The van der Waals surface area contributed by atoms with E-state index in [1.165, 1.54) is 51.4 Å². The molecule has 1 amide bonds. The quantitative estimate of drug-likeness (QED) is 0.393. The van der Waals surface area contributed by atoms with Gasteiger partial charge in [-0.05, 0) is 62.8 Å². The molecule has 0 spiro atoms. The van der Waals surface area contributed by atoms with Crippen molar-refractivity contribution in [1.29, 1.82) is 0 Å². The van der Waals surface area contributed by atoms with E-state index in [9.17, 15) is 9.59 Å². The Morgan fingerprint density at radius 2 is 1.80 bits per heavy atom. The summed E-state index contributed by atoms with van der Waals surface area (Å²) >= 11 is 0. The highest BCUT2D eigenvalue weighted by Crippen LogP contribution is 2.31. The molecule has 2 saturated carbocycles. The minimum atomic E-state index is 0.0974. The summed E-state index contributed by atoms with van der Waals surface area (Å²) in [6.45, 7) is 5.62. The van der Waals surface area contributed by atoms with E-state index in [4.69, 9.17) is 0 Å². The number of H-pyrrole nitrogens is 1. The summed E-state index contributed by atoms with van der Waals surface area (Å²) in [6.07, 6.45) is 13.3. The van der Waals surface area contributed by atoms with Crippen LogP contribution in [0, 0.1) is 17.8 Å². The van der Waals surface area contributed by atoms with Gasteiger partial charge in [0.05, 0.1) is 0 Å². The average molecular weight is 417 g/mol. The van der Waals surface area contributed by atoms with Gasteiger partial charge in [-0.1, -0.05) is 26.2 Å². The van der Waals surface area contributed by atoms with Crippen LogP contribution in [0.15, 0.2) is 17.1 Å². The second kappa shape index (κ2) is 12.1. The van der Waals surface area contributed by atoms with Crippen LogP contribution in [0.4, 0.5) is 5.82 Å². The number of hydrogen-bond donors (Lipinski definition) is 4. The Balaban J connectivity index is 1.20. The van der Waals surface area contributed by atoms with E-state index in [1.807, 2.05) is 6.92 Å². The van der Waals surface area contributed by atoms with Crippen molar-refractivity contribution in [3.63, 3.8) is 0 Å². The zero-order valence-corrected chi connectivity index (χ0v) is 18.6. The van der Waals surface area contributed by atoms with Crippen molar-refractivity contribution in [3.8, 4) is 0 Å². The number of carbonyl (C=O) groups excluding carboxylic acids is 1. The lowest BCUT2D eigenvalue weighted by molar-refractivity contribution is -0.122. The first-order valence-corrected chi connectivity index (χ1v) is 12.1. The Morgan fingerprint density at radius 1 is 1.03 bits per heavy atom. The van der Waals surface area contributed by atoms with Gasteiger partial charge in [0.1, 0.15) is 5.82 Å². The predicted molar refractivity (Wildman–Crippen MR) is 123 cm³/mol. The van der Waals surface area contributed by atoms with E-state index in [0.717, 1.165) is 56.3 Å². The van der Waals surface area contributed by atoms with Gasteiger partial charge >= 0.3 is 0 Å². The molecule has 0 aliphatic heterocycles. The Labute approximate surface area is 181 Å². The van der Waals surface area contributed by atoms with Crippen molar-refractivity contribution in [1.82, 2.24) is 15.6 Å². The molecule has 30 heavy (non-hydrogen) atoms. The molecule has 2 aliphatic carbocycles. The second-order valence-electron chi connectivity index (χ2n) is 9.21. The highest BCUT2D eigenvalue weighted by atomic mass is 16.1. The molecule has 0 atom stereocenters. The molecule has 2 aliphatic rings. The standard InChI is InChI=1S/C24H40N4O2/c1-2-21-22(29)11-13-26-24(21)27-15-14-25-12-10-18-6-8-20(9-7-18)17-28-23(30)16-19-4-3-5-19/h11,13,18-20,25H,2-10,12,14-17H2,1H3,(H,28,30)(H2,26,27,29). The average Bonchev–Trinajstić information content (AvgIpc) is 2.72. The van der Waals surface area contributed by atoms with E-state index < -0.39 is 0 Å². The van der Waals surface area contributed by atoms with Gasteiger partial charge in [0.2, 0.25) is 5.91 Å². The molecule has 0 aromatic carbocycles. The molecule has 0 bridgehead atoms. The van der Waals surface area contributed by atoms with Gasteiger partial charge < -0.3 is 20.9 Å². The van der Waals surface area contributed by atoms with Crippen LogP contribution in [0.5, 0.6) is 0 Å². The SMILES string of the molecule is CCc1c(NCCNCCC2CCC(CNC(=O)CC3CCC3)CC2)[nH]ccc1=O. The Morgan fingerprint density at radius 3 is 2.50 bits per heavy atom. The van der Waals surface area contributed by atoms with Crippen LogP contribution in [0.3, 0.4) is 0 Å². The summed E-state index contributed by atoms with van der Waals surface area (Å²) < 4.78 is 0. The highest BCUT2D eigenvalue weighted by molar-refractivity contribution is 5.76. The van der Waals surface area contributed by atoms with Crippen molar-refractivity contribution >= 4 is 11.7 Å². The van der Waals surface area contributed by atoms with E-state index in [2.05, 4.69) is 20.9 Å². The second-order valence-corrected chi connectivity index (χ2v) is 9.21. The van der Waals surface area contributed by atoms with E-state index in [-0.39, 0.29) is 11.3 Å². The Bertz CT molecular complexity index is 705. The van der Waals surface area contributed by atoms with Crippen molar-refractivity contribution in [2.45, 2.75) is 71.1 Å². The van der Waals surface area contributed by atoms with Crippen LogP contribution >= 0.6 is 0 Å². The molecule has 0 unspecified atom stereocenters. The third-order valence-electron chi connectivity index (χ3n) is 7.00. The number of amides is 1. The van der Waals surface area contributed by atoms with Crippen LogP contribution in [-0.2, 0) is 11.2 Å². The lowest BCUT2D eigenvalue weighted by Gasteiger charge is -2.29.